The zero-order valence-corrected chi connectivity index (χ0v) is 9.49. The zero-order valence-electron chi connectivity index (χ0n) is 9.49. The minimum absolute atomic E-state index is 0.0438. The van der Waals surface area contributed by atoms with E-state index in [0.29, 0.717) is 6.54 Å². The lowest BCUT2D eigenvalue weighted by molar-refractivity contribution is -0.130. The van der Waals surface area contributed by atoms with Crippen molar-refractivity contribution in [3.8, 4) is 11.8 Å². The number of anilines is 1. The summed E-state index contributed by atoms with van der Waals surface area (Å²) in [7, 11) is 0. The fraction of sp³-hybridized carbons (Fsp3) is 0.231. The summed E-state index contributed by atoms with van der Waals surface area (Å²) in [5.41, 5.74) is 1.68. The first kappa shape index (κ1) is 11.2. The lowest BCUT2D eigenvalue weighted by Gasteiger charge is -2.15. The predicted molar refractivity (Wildman–Crippen MR) is 63.9 cm³/mol. The molecule has 0 saturated carbocycles. The molecule has 0 bridgehead atoms. The van der Waals surface area contributed by atoms with Gasteiger partial charge in [-0.25, -0.2) is 0 Å². The van der Waals surface area contributed by atoms with Crippen molar-refractivity contribution in [3.63, 3.8) is 0 Å². The summed E-state index contributed by atoms with van der Waals surface area (Å²) in [6, 6.07) is 7.44. The number of fused-ring (bicyclic) bond motifs is 1. The summed E-state index contributed by atoms with van der Waals surface area (Å²) in [4.78, 5) is 24.7. The van der Waals surface area contributed by atoms with E-state index in [1.165, 1.54) is 4.90 Å². The van der Waals surface area contributed by atoms with Crippen molar-refractivity contribution >= 4 is 17.5 Å². The van der Waals surface area contributed by atoms with Gasteiger partial charge < -0.3 is 10.2 Å². The second-order valence-electron chi connectivity index (χ2n) is 3.74. The Morgan fingerprint density at radius 3 is 2.88 bits per heavy atom. The van der Waals surface area contributed by atoms with Crippen molar-refractivity contribution in [2.24, 2.45) is 0 Å². The van der Waals surface area contributed by atoms with E-state index in [-0.39, 0.29) is 18.4 Å². The first-order chi connectivity index (χ1) is 8.20. The molecule has 1 N–H and O–H groups in total. The van der Waals surface area contributed by atoms with E-state index < -0.39 is 0 Å². The van der Waals surface area contributed by atoms with E-state index in [1.54, 1.807) is 6.92 Å². The van der Waals surface area contributed by atoms with Gasteiger partial charge in [-0.15, -0.1) is 0 Å². The Bertz CT molecular complexity index is 526. The summed E-state index contributed by atoms with van der Waals surface area (Å²) in [6.45, 7) is 2.05. The Balaban J connectivity index is 2.31. The van der Waals surface area contributed by atoms with Crippen LogP contribution in [0.25, 0.3) is 0 Å². The number of carbonyl (C=O) groups is 2. The van der Waals surface area contributed by atoms with Crippen LogP contribution in [-0.4, -0.2) is 23.3 Å². The Labute approximate surface area is 99.6 Å². The van der Waals surface area contributed by atoms with Crippen molar-refractivity contribution in [1.29, 1.82) is 0 Å². The minimum Gasteiger partial charge on any atom is -0.324 e. The molecule has 0 aliphatic carbocycles. The first-order valence-corrected chi connectivity index (χ1v) is 5.30. The molecule has 2 amide bonds. The van der Waals surface area contributed by atoms with Gasteiger partial charge in [-0.3, -0.25) is 9.59 Å². The van der Waals surface area contributed by atoms with Crippen molar-refractivity contribution < 1.29 is 9.59 Å². The quantitative estimate of drug-likeness (QED) is 0.673. The molecule has 1 heterocycles. The molecule has 0 spiro atoms. The van der Waals surface area contributed by atoms with E-state index in [2.05, 4.69) is 17.2 Å². The first-order valence-electron chi connectivity index (χ1n) is 5.30. The van der Waals surface area contributed by atoms with Gasteiger partial charge in [-0.05, 0) is 24.5 Å². The molecule has 1 aromatic carbocycles. The summed E-state index contributed by atoms with van der Waals surface area (Å²) in [6.07, 6.45) is 0. The molecule has 1 aliphatic rings. The third kappa shape index (κ3) is 2.45. The summed E-state index contributed by atoms with van der Waals surface area (Å²) in [5, 5.41) is 2.77. The minimum atomic E-state index is -0.320. The van der Waals surface area contributed by atoms with Crippen LogP contribution in [0, 0.1) is 11.8 Å². The molecule has 1 aromatic rings. The van der Waals surface area contributed by atoms with Crippen LogP contribution in [0.5, 0.6) is 0 Å². The summed E-state index contributed by atoms with van der Waals surface area (Å²) in [5.74, 6) is 4.49. The maximum Gasteiger partial charge on any atom is 0.299 e. The van der Waals surface area contributed by atoms with Gasteiger partial charge in [-0.2, -0.15) is 0 Å². The molecule has 0 unspecified atom stereocenters. The molecule has 0 fully saturated rings. The number of nitrogens with one attached hydrogen (secondary N) is 1. The van der Waals surface area contributed by atoms with Crippen LogP contribution in [0.15, 0.2) is 24.3 Å². The van der Waals surface area contributed by atoms with E-state index >= 15 is 0 Å². The van der Waals surface area contributed by atoms with Gasteiger partial charge in [-0.1, -0.05) is 24.1 Å². The van der Waals surface area contributed by atoms with Gasteiger partial charge in [0.05, 0.1) is 0 Å². The average molecular weight is 228 g/mol. The van der Waals surface area contributed by atoms with Crippen LogP contribution in [0.4, 0.5) is 5.69 Å². The zero-order chi connectivity index (χ0) is 12.3. The van der Waals surface area contributed by atoms with Crippen molar-refractivity contribution in [2.45, 2.75) is 13.5 Å². The SMILES string of the molecule is CC#CC(=O)N1CC(=O)Nc2ccccc2C1. The molecular formula is C13H12N2O2. The lowest BCUT2D eigenvalue weighted by atomic mass is 10.2. The van der Waals surface area contributed by atoms with Crippen LogP contribution < -0.4 is 5.32 Å². The Morgan fingerprint density at radius 2 is 2.12 bits per heavy atom. The normalized spacial score (nSPS) is 13.9. The van der Waals surface area contributed by atoms with Gasteiger partial charge in [0.15, 0.2) is 0 Å². The van der Waals surface area contributed by atoms with Crippen LogP contribution in [0.2, 0.25) is 0 Å². The van der Waals surface area contributed by atoms with Gasteiger partial charge >= 0.3 is 0 Å². The van der Waals surface area contributed by atoms with Crippen molar-refractivity contribution in [3.05, 3.63) is 29.8 Å². The van der Waals surface area contributed by atoms with Gasteiger partial charge in [0.1, 0.15) is 6.54 Å². The number of nitrogens with zero attached hydrogens (tertiary/aromatic N) is 1. The maximum atomic E-state index is 11.7. The van der Waals surface area contributed by atoms with E-state index in [4.69, 9.17) is 0 Å². The number of amides is 2. The smallest absolute Gasteiger partial charge is 0.299 e. The molecular weight excluding hydrogens is 216 g/mol. The maximum absolute atomic E-state index is 11.7. The van der Waals surface area contributed by atoms with Crippen LogP contribution in [0.3, 0.4) is 0 Å². The van der Waals surface area contributed by atoms with E-state index in [1.807, 2.05) is 24.3 Å². The molecule has 0 saturated heterocycles. The number of para-hydroxylation sites is 1. The second-order valence-corrected chi connectivity index (χ2v) is 3.74. The third-order valence-electron chi connectivity index (χ3n) is 2.51. The van der Waals surface area contributed by atoms with Gasteiger partial charge in [0.2, 0.25) is 5.91 Å². The van der Waals surface area contributed by atoms with E-state index in [9.17, 15) is 9.59 Å². The number of carbonyl (C=O) groups excluding carboxylic acids is 2. The number of hydrogen-bond donors (Lipinski definition) is 1. The van der Waals surface area contributed by atoms with Crippen molar-refractivity contribution in [1.82, 2.24) is 4.90 Å². The Morgan fingerprint density at radius 1 is 1.35 bits per heavy atom. The third-order valence-corrected chi connectivity index (χ3v) is 2.51. The lowest BCUT2D eigenvalue weighted by Crippen LogP contribution is -2.34. The molecule has 86 valence electrons. The molecule has 17 heavy (non-hydrogen) atoms. The highest BCUT2D eigenvalue weighted by molar-refractivity contribution is 6.00. The fourth-order valence-electron chi connectivity index (χ4n) is 1.73. The number of rotatable bonds is 0. The highest BCUT2D eigenvalue weighted by Crippen LogP contribution is 2.19. The summed E-state index contributed by atoms with van der Waals surface area (Å²) < 4.78 is 0. The Kier molecular flexibility index (Phi) is 3.10. The second kappa shape index (κ2) is 4.71. The summed E-state index contributed by atoms with van der Waals surface area (Å²) >= 11 is 0. The highest BCUT2D eigenvalue weighted by atomic mass is 16.2. The van der Waals surface area contributed by atoms with Crippen LogP contribution >= 0.6 is 0 Å². The largest absolute Gasteiger partial charge is 0.324 e. The number of benzene rings is 1. The van der Waals surface area contributed by atoms with Crippen molar-refractivity contribution in [2.75, 3.05) is 11.9 Å². The van der Waals surface area contributed by atoms with Gasteiger partial charge in [0.25, 0.3) is 5.91 Å². The molecule has 4 nitrogen and oxygen atoms in total. The fourth-order valence-corrected chi connectivity index (χ4v) is 1.73. The topological polar surface area (TPSA) is 49.4 Å². The van der Waals surface area contributed by atoms with Crippen LogP contribution in [-0.2, 0) is 16.1 Å². The molecule has 0 atom stereocenters. The monoisotopic (exact) mass is 228 g/mol. The molecule has 0 radical (unpaired) electrons. The van der Waals surface area contributed by atoms with Gasteiger partial charge in [0, 0.05) is 12.2 Å². The standard InChI is InChI=1S/C13H12N2O2/c1-2-5-13(17)15-8-10-6-3-4-7-11(10)14-12(16)9-15/h3-4,6-7H,8-9H2,1H3,(H,14,16). The number of hydrogen-bond acceptors (Lipinski definition) is 2. The van der Waals surface area contributed by atoms with E-state index in [0.717, 1.165) is 11.3 Å². The highest BCUT2D eigenvalue weighted by Gasteiger charge is 2.21. The molecule has 4 heteroatoms. The predicted octanol–water partition coefficient (Wildman–Crippen LogP) is 0.991. The molecule has 1 aliphatic heterocycles. The molecule has 0 aromatic heterocycles. The van der Waals surface area contributed by atoms with Crippen LogP contribution in [0.1, 0.15) is 12.5 Å². The molecule has 2 rings (SSSR count). The Hall–Kier alpha value is -2.28. The average Bonchev–Trinajstić information content (AvgIpc) is 2.47.